The number of hydrogen-bond donors (Lipinski definition) is 0. The minimum Gasteiger partial charge on any atom is -0.481 e. The number of hydrogen-bond acceptors (Lipinski definition) is 3. The van der Waals surface area contributed by atoms with Crippen molar-refractivity contribution in [3.8, 4) is 5.88 Å². The summed E-state index contributed by atoms with van der Waals surface area (Å²) in [5, 5.41) is 0. The first-order chi connectivity index (χ1) is 8.63. The van der Waals surface area contributed by atoms with Gasteiger partial charge in [-0.05, 0) is 37.8 Å². The Balaban J connectivity index is 2.31. The molecule has 0 saturated carbocycles. The molecule has 98 valence electrons. The van der Waals surface area contributed by atoms with Gasteiger partial charge in [-0.15, -0.1) is 0 Å². The lowest BCUT2D eigenvalue weighted by Gasteiger charge is -2.35. The van der Waals surface area contributed by atoms with E-state index in [9.17, 15) is 4.79 Å². The predicted octanol–water partition coefficient (Wildman–Crippen LogP) is 2.47. The average Bonchev–Trinajstić information content (AvgIpc) is 2.38. The lowest BCUT2D eigenvalue weighted by molar-refractivity contribution is -0.132. The van der Waals surface area contributed by atoms with Crippen LogP contribution in [-0.4, -0.2) is 29.4 Å². The Labute approximate surface area is 108 Å². The van der Waals surface area contributed by atoms with E-state index < -0.39 is 0 Å². The van der Waals surface area contributed by atoms with Crippen molar-refractivity contribution in [1.82, 2.24) is 9.88 Å². The van der Waals surface area contributed by atoms with Crippen LogP contribution >= 0.6 is 0 Å². The van der Waals surface area contributed by atoms with Crippen LogP contribution in [0.1, 0.15) is 43.5 Å². The predicted molar refractivity (Wildman–Crippen MR) is 69.5 cm³/mol. The second-order valence-electron chi connectivity index (χ2n) is 4.75. The van der Waals surface area contributed by atoms with Crippen molar-refractivity contribution in [3.63, 3.8) is 0 Å². The molecule has 2 heterocycles. The van der Waals surface area contributed by atoms with Gasteiger partial charge in [0.15, 0.2) is 0 Å². The van der Waals surface area contributed by atoms with Gasteiger partial charge in [0.25, 0.3) is 0 Å². The number of carbonyl (C=O) groups is 1. The van der Waals surface area contributed by atoms with Crippen LogP contribution in [0, 0.1) is 6.92 Å². The van der Waals surface area contributed by atoms with Crippen LogP contribution in [0.25, 0.3) is 0 Å². The van der Waals surface area contributed by atoms with Gasteiger partial charge in [0, 0.05) is 25.2 Å². The fourth-order valence-electron chi connectivity index (χ4n) is 2.65. The maximum Gasteiger partial charge on any atom is 0.219 e. The second kappa shape index (κ2) is 5.38. The molecule has 1 aromatic heterocycles. The summed E-state index contributed by atoms with van der Waals surface area (Å²) in [6.45, 7) is 4.47. The molecule has 1 saturated heterocycles. The summed E-state index contributed by atoms with van der Waals surface area (Å²) in [5.74, 6) is 0.774. The zero-order valence-electron chi connectivity index (χ0n) is 11.3. The molecule has 1 aromatic rings. The van der Waals surface area contributed by atoms with Gasteiger partial charge in [0.05, 0.1) is 13.2 Å². The average molecular weight is 248 g/mol. The number of nitrogens with zero attached hydrogens (tertiary/aromatic N) is 2. The van der Waals surface area contributed by atoms with Crippen molar-refractivity contribution >= 4 is 5.91 Å². The monoisotopic (exact) mass is 248 g/mol. The molecule has 1 fully saturated rings. The molecule has 0 aromatic carbocycles. The van der Waals surface area contributed by atoms with Crippen molar-refractivity contribution in [3.05, 3.63) is 23.4 Å². The number of methoxy groups -OCH3 is 1. The normalized spacial score (nSPS) is 19.7. The Kier molecular flexibility index (Phi) is 3.84. The van der Waals surface area contributed by atoms with E-state index in [0.29, 0.717) is 5.88 Å². The number of ether oxygens (including phenoxy) is 1. The lowest BCUT2D eigenvalue weighted by atomic mass is 9.94. The van der Waals surface area contributed by atoms with Gasteiger partial charge < -0.3 is 9.64 Å². The van der Waals surface area contributed by atoms with Crippen molar-refractivity contribution < 1.29 is 9.53 Å². The highest BCUT2D eigenvalue weighted by atomic mass is 16.5. The highest BCUT2D eigenvalue weighted by molar-refractivity contribution is 5.74. The Morgan fingerprint density at radius 1 is 1.44 bits per heavy atom. The summed E-state index contributed by atoms with van der Waals surface area (Å²) in [6, 6.07) is 4.08. The molecule has 1 atom stereocenters. The van der Waals surface area contributed by atoms with Crippen LogP contribution < -0.4 is 4.74 Å². The molecule has 2 rings (SSSR count). The van der Waals surface area contributed by atoms with Crippen LogP contribution in [0.15, 0.2) is 12.1 Å². The minimum atomic E-state index is 0.148. The molecule has 18 heavy (non-hydrogen) atoms. The largest absolute Gasteiger partial charge is 0.481 e. The van der Waals surface area contributed by atoms with Crippen LogP contribution in [0.3, 0.4) is 0 Å². The third-order valence-electron chi connectivity index (χ3n) is 3.58. The van der Waals surface area contributed by atoms with Crippen molar-refractivity contribution in [2.45, 2.75) is 39.2 Å². The zero-order valence-corrected chi connectivity index (χ0v) is 11.3. The number of amides is 1. The van der Waals surface area contributed by atoms with Crippen molar-refractivity contribution in [2.75, 3.05) is 13.7 Å². The van der Waals surface area contributed by atoms with Gasteiger partial charge in [0.2, 0.25) is 11.8 Å². The summed E-state index contributed by atoms with van der Waals surface area (Å²) in [7, 11) is 1.62. The Morgan fingerprint density at radius 2 is 2.22 bits per heavy atom. The Morgan fingerprint density at radius 3 is 2.83 bits per heavy atom. The minimum absolute atomic E-state index is 0.148. The van der Waals surface area contributed by atoms with E-state index in [2.05, 4.69) is 4.98 Å². The molecular weight excluding hydrogens is 228 g/mol. The number of likely N-dealkylation sites (tertiary alicyclic amines) is 1. The number of aromatic nitrogens is 1. The molecule has 4 nitrogen and oxygen atoms in total. The third kappa shape index (κ3) is 2.47. The molecule has 0 bridgehead atoms. The van der Waals surface area contributed by atoms with Gasteiger partial charge in [-0.3, -0.25) is 4.79 Å². The lowest BCUT2D eigenvalue weighted by Crippen LogP contribution is -2.37. The van der Waals surface area contributed by atoms with E-state index >= 15 is 0 Å². The zero-order chi connectivity index (χ0) is 13.1. The third-order valence-corrected chi connectivity index (χ3v) is 3.58. The first kappa shape index (κ1) is 12.9. The topological polar surface area (TPSA) is 42.4 Å². The van der Waals surface area contributed by atoms with E-state index in [-0.39, 0.29) is 11.9 Å². The fraction of sp³-hybridized carbons (Fsp3) is 0.571. The van der Waals surface area contributed by atoms with Gasteiger partial charge in [0.1, 0.15) is 0 Å². The highest BCUT2D eigenvalue weighted by Crippen LogP contribution is 2.32. The molecule has 0 unspecified atom stereocenters. The summed E-state index contributed by atoms with van der Waals surface area (Å²) in [4.78, 5) is 18.1. The van der Waals surface area contributed by atoms with E-state index in [1.807, 2.05) is 24.0 Å². The molecule has 1 amide bonds. The van der Waals surface area contributed by atoms with Crippen molar-refractivity contribution in [2.24, 2.45) is 0 Å². The van der Waals surface area contributed by atoms with Crippen LogP contribution in [-0.2, 0) is 4.79 Å². The molecule has 0 radical (unpaired) electrons. The maximum absolute atomic E-state index is 11.7. The number of pyridine rings is 1. The van der Waals surface area contributed by atoms with Crippen LogP contribution in [0.5, 0.6) is 5.88 Å². The molecular formula is C14H20N2O2. The SMILES string of the molecule is COc1ccc([C@@H]2CCCCN2C(C)=O)c(C)n1. The number of rotatable bonds is 2. The van der Waals surface area contributed by atoms with Gasteiger partial charge in [-0.1, -0.05) is 0 Å². The fourth-order valence-corrected chi connectivity index (χ4v) is 2.65. The smallest absolute Gasteiger partial charge is 0.219 e. The van der Waals surface area contributed by atoms with E-state index in [1.165, 1.54) is 6.42 Å². The van der Waals surface area contributed by atoms with E-state index in [1.54, 1.807) is 14.0 Å². The molecule has 1 aliphatic heterocycles. The second-order valence-corrected chi connectivity index (χ2v) is 4.75. The highest BCUT2D eigenvalue weighted by Gasteiger charge is 2.27. The van der Waals surface area contributed by atoms with Crippen LogP contribution in [0.4, 0.5) is 0 Å². The van der Waals surface area contributed by atoms with Crippen molar-refractivity contribution in [1.29, 1.82) is 0 Å². The maximum atomic E-state index is 11.7. The summed E-state index contributed by atoms with van der Waals surface area (Å²) in [5.41, 5.74) is 2.10. The summed E-state index contributed by atoms with van der Waals surface area (Å²) in [6.07, 6.45) is 3.28. The number of piperidine rings is 1. The van der Waals surface area contributed by atoms with Gasteiger partial charge >= 0.3 is 0 Å². The molecule has 0 aliphatic carbocycles. The molecule has 4 heteroatoms. The van der Waals surface area contributed by atoms with Gasteiger partial charge in [-0.25, -0.2) is 4.98 Å². The van der Waals surface area contributed by atoms with E-state index in [0.717, 1.165) is 30.6 Å². The van der Waals surface area contributed by atoms with Gasteiger partial charge in [-0.2, -0.15) is 0 Å². The quantitative estimate of drug-likeness (QED) is 0.807. The first-order valence-electron chi connectivity index (χ1n) is 6.42. The van der Waals surface area contributed by atoms with E-state index in [4.69, 9.17) is 4.74 Å². The van der Waals surface area contributed by atoms with Crippen LogP contribution in [0.2, 0.25) is 0 Å². The molecule has 0 N–H and O–H groups in total. The number of aryl methyl sites for hydroxylation is 1. The Bertz CT molecular complexity index is 445. The summed E-state index contributed by atoms with van der Waals surface area (Å²) < 4.78 is 5.12. The molecule has 0 spiro atoms. The number of carbonyl (C=O) groups excluding carboxylic acids is 1. The Hall–Kier alpha value is -1.58. The molecule has 1 aliphatic rings. The standard InChI is InChI=1S/C14H20N2O2/c1-10-12(7-8-14(15-10)18-3)13-6-4-5-9-16(13)11(2)17/h7-8,13H,4-6,9H2,1-3H3/t13-/m0/s1. The summed E-state index contributed by atoms with van der Waals surface area (Å²) >= 11 is 0. The first-order valence-corrected chi connectivity index (χ1v) is 6.42.